The summed E-state index contributed by atoms with van der Waals surface area (Å²) < 4.78 is 7.32. The number of carbonyl (C=O) groups is 2. The predicted molar refractivity (Wildman–Crippen MR) is 144 cm³/mol. The van der Waals surface area contributed by atoms with Crippen LogP contribution in [-0.2, 0) is 7.05 Å². The highest BCUT2D eigenvalue weighted by atomic mass is 16.5. The number of aromatic nitrogens is 5. The third-order valence-corrected chi connectivity index (χ3v) is 5.57. The third-order valence-electron chi connectivity index (χ3n) is 5.57. The second kappa shape index (κ2) is 9.92. The van der Waals surface area contributed by atoms with E-state index in [9.17, 15) is 9.59 Å². The van der Waals surface area contributed by atoms with Crippen molar-refractivity contribution in [2.45, 2.75) is 12.2 Å². The monoisotopic (exact) mass is 487 g/mol. The van der Waals surface area contributed by atoms with E-state index in [1.165, 1.54) is 0 Å². The molecular formula is C21H28B3N9O3. The second-order valence-corrected chi connectivity index (χ2v) is 9.44. The lowest BCUT2D eigenvalue weighted by atomic mass is 9.49. The molecule has 15 heteroatoms. The zero-order valence-electron chi connectivity index (χ0n) is 21.4. The molecule has 184 valence electrons. The first kappa shape index (κ1) is 25.1. The van der Waals surface area contributed by atoms with Gasteiger partial charge in [-0.25, -0.2) is 9.78 Å². The summed E-state index contributed by atoms with van der Waals surface area (Å²) in [4.78, 5) is 33.5. The number of amides is 3. The molecule has 0 aliphatic carbocycles. The minimum Gasteiger partial charge on any atom is -0.494 e. The Morgan fingerprint density at radius 1 is 1.19 bits per heavy atom. The van der Waals surface area contributed by atoms with Gasteiger partial charge in [0.1, 0.15) is 29.9 Å². The number of methoxy groups -OCH3 is 1. The van der Waals surface area contributed by atoms with Gasteiger partial charge in [0.15, 0.2) is 23.1 Å². The number of urea groups is 1. The lowest BCUT2D eigenvalue weighted by Gasteiger charge is -2.22. The van der Waals surface area contributed by atoms with Gasteiger partial charge < -0.3 is 20.3 Å². The maximum Gasteiger partial charge on any atom is 0.325 e. The fourth-order valence-corrected chi connectivity index (χ4v) is 3.90. The number of carbonyl (C=O) groups excluding carboxylic acids is 2. The largest absolute Gasteiger partial charge is 0.494 e. The molecule has 0 atom stereocenters. The van der Waals surface area contributed by atoms with Gasteiger partial charge in [-0.05, 0) is 24.3 Å². The maximum absolute atomic E-state index is 13.1. The summed E-state index contributed by atoms with van der Waals surface area (Å²) in [7, 11) is 8.99. The number of benzene rings is 1. The molecule has 1 aliphatic heterocycles. The number of anilines is 3. The van der Waals surface area contributed by atoms with Gasteiger partial charge in [0.25, 0.3) is 5.91 Å². The van der Waals surface area contributed by atoms with E-state index in [1.54, 1.807) is 41.0 Å². The van der Waals surface area contributed by atoms with Crippen LogP contribution in [0.25, 0.3) is 11.4 Å². The molecule has 1 saturated heterocycles. The fraction of sp³-hybridized carbons (Fsp3) is 0.333. The Labute approximate surface area is 212 Å². The molecule has 0 radical (unpaired) electrons. The van der Waals surface area contributed by atoms with Crippen LogP contribution in [0.5, 0.6) is 5.75 Å². The lowest BCUT2D eigenvalue weighted by molar-refractivity contribution is 0.0947. The first-order chi connectivity index (χ1) is 17.1. The number of likely N-dealkylation sites (N-methyl/N-ethyl adjacent to an activating group) is 1. The van der Waals surface area contributed by atoms with Crippen LogP contribution in [0.1, 0.15) is 17.4 Å². The van der Waals surface area contributed by atoms with Crippen molar-refractivity contribution >= 4 is 52.7 Å². The van der Waals surface area contributed by atoms with Gasteiger partial charge in [0.2, 0.25) is 0 Å². The van der Waals surface area contributed by atoms with Gasteiger partial charge in [-0.15, -0.1) is 10.2 Å². The van der Waals surface area contributed by atoms with Gasteiger partial charge in [0.05, 0.1) is 24.0 Å². The molecule has 3 heterocycles. The normalized spacial score (nSPS) is 13.7. The SMILES string of the molecule is BC(B)(B)NC(=O)c1nnc(N2CCN(CC)C2=O)cc1Nc1cccc(-c2ncn(C)n2)c1OC. The Morgan fingerprint density at radius 3 is 2.58 bits per heavy atom. The topological polar surface area (TPSA) is 130 Å². The van der Waals surface area contributed by atoms with E-state index < -0.39 is 11.1 Å². The van der Waals surface area contributed by atoms with Crippen molar-refractivity contribution in [2.24, 2.45) is 7.05 Å². The molecule has 0 bridgehead atoms. The van der Waals surface area contributed by atoms with Crippen molar-refractivity contribution in [3.05, 3.63) is 36.3 Å². The van der Waals surface area contributed by atoms with E-state index >= 15 is 0 Å². The zero-order chi connectivity index (χ0) is 26.0. The Morgan fingerprint density at radius 2 is 1.97 bits per heavy atom. The molecule has 0 unspecified atom stereocenters. The van der Waals surface area contributed by atoms with Gasteiger partial charge in [-0.1, -0.05) is 6.07 Å². The smallest absolute Gasteiger partial charge is 0.325 e. The minimum absolute atomic E-state index is 0.0936. The second-order valence-electron chi connectivity index (χ2n) is 9.44. The highest BCUT2D eigenvalue weighted by Crippen LogP contribution is 2.37. The average Bonchev–Trinajstić information content (AvgIpc) is 3.42. The van der Waals surface area contributed by atoms with Crippen LogP contribution in [0.3, 0.4) is 0 Å². The molecule has 1 aromatic carbocycles. The molecule has 3 amide bonds. The molecule has 3 aromatic rings. The molecular weight excluding hydrogens is 459 g/mol. The summed E-state index contributed by atoms with van der Waals surface area (Å²) in [6, 6.07) is 7.02. The molecule has 1 fully saturated rings. The van der Waals surface area contributed by atoms with Gasteiger partial charge in [-0.3, -0.25) is 14.4 Å². The van der Waals surface area contributed by atoms with Gasteiger partial charge >= 0.3 is 6.03 Å². The molecule has 12 nitrogen and oxygen atoms in total. The van der Waals surface area contributed by atoms with Crippen LogP contribution in [0.4, 0.5) is 22.0 Å². The number of rotatable bonds is 8. The van der Waals surface area contributed by atoms with E-state index in [2.05, 4.69) is 30.9 Å². The Kier molecular flexibility index (Phi) is 6.91. The van der Waals surface area contributed by atoms with Crippen LogP contribution in [0.2, 0.25) is 0 Å². The number of ether oxygens (including phenoxy) is 1. The van der Waals surface area contributed by atoms with Crippen LogP contribution in [0, 0.1) is 0 Å². The number of hydrogen-bond acceptors (Lipinski definition) is 8. The van der Waals surface area contributed by atoms with Crippen LogP contribution >= 0.6 is 0 Å². The molecule has 1 aliphatic rings. The summed E-state index contributed by atoms with van der Waals surface area (Å²) in [5.41, 5.74) is 1.73. The average molecular weight is 487 g/mol. The van der Waals surface area contributed by atoms with E-state index in [0.717, 1.165) is 0 Å². The molecule has 0 spiro atoms. The zero-order valence-corrected chi connectivity index (χ0v) is 21.4. The van der Waals surface area contributed by atoms with E-state index in [4.69, 9.17) is 4.74 Å². The molecule has 2 N–H and O–H groups in total. The summed E-state index contributed by atoms with van der Waals surface area (Å²) in [5.74, 6) is 0.957. The van der Waals surface area contributed by atoms with Crippen LogP contribution in [0.15, 0.2) is 30.6 Å². The summed E-state index contributed by atoms with van der Waals surface area (Å²) in [6.45, 7) is 3.61. The van der Waals surface area contributed by atoms with E-state index in [0.29, 0.717) is 54.0 Å². The molecule has 2 aromatic heterocycles. The number of hydrogen-bond donors (Lipinski definition) is 2. The molecule has 36 heavy (non-hydrogen) atoms. The van der Waals surface area contributed by atoms with Gasteiger partial charge in [0, 0.05) is 32.7 Å². The summed E-state index contributed by atoms with van der Waals surface area (Å²) >= 11 is 0. The third kappa shape index (κ3) is 5.14. The first-order valence-corrected chi connectivity index (χ1v) is 11.7. The minimum atomic E-state index is -0.483. The standard InChI is InChI=1S/C21H28B3N9O3/c1-4-32-8-9-33(20(32)35)15-10-14(16(29-28-15)19(34)27-21(22,23)24)26-13-7-5-6-12(17(13)36-3)18-25-11-31(2)30-18/h5-7,10-11H,4,8-9,22-24H2,1-3H3,(H,26,28)(H,27,34). The Balaban J connectivity index is 1.77. The number of aryl methyl sites for hydroxylation is 1. The fourth-order valence-electron chi connectivity index (χ4n) is 3.90. The summed E-state index contributed by atoms with van der Waals surface area (Å²) in [6.07, 6.45) is 1.61. The van der Waals surface area contributed by atoms with Crippen LogP contribution in [-0.4, -0.2) is 97.3 Å². The molecule has 4 rings (SSSR count). The van der Waals surface area contributed by atoms with E-state index in [-0.39, 0.29) is 11.7 Å². The Bertz CT molecular complexity index is 1300. The maximum atomic E-state index is 13.1. The van der Waals surface area contributed by atoms with Crippen molar-refractivity contribution in [3.8, 4) is 17.1 Å². The molecule has 0 saturated carbocycles. The number of para-hydroxylation sites is 1. The van der Waals surface area contributed by atoms with Crippen molar-refractivity contribution in [2.75, 3.05) is 37.0 Å². The predicted octanol–water partition coefficient (Wildman–Crippen LogP) is -1.47. The van der Waals surface area contributed by atoms with Crippen molar-refractivity contribution in [1.82, 2.24) is 35.2 Å². The first-order valence-electron chi connectivity index (χ1n) is 11.7. The number of nitrogens with one attached hydrogen (secondary N) is 2. The Hall–Kier alpha value is -4.03. The number of nitrogens with zero attached hydrogens (tertiary/aromatic N) is 7. The van der Waals surface area contributed by atoms with Crippen molar-refractivity contribution in [1.29, 1.82) is 0 Å². The van der Waals surface area contributed by atoms with Gasteiger partial charge in [-0.2, -0.15) is 5.10 Å². The summed E-state index contributed by atoms with van der Waals surface area (Å²) in [5, 5.41) is 18.5. The highest BCUT2D eigenvalue weighted by molar-refractivity contribution is 6.60. The van der Waals surface area contributed by atoms with Crippen molar-refractivity contribution in [3.63, 3.8) is 0 Å². The lowest BCUT2D eigenvalue weighted by Crippen LogP contribution is -2.50. The van der Waals surface area contributed by atoms with Crippen LogP contribution < -0.4 is 20.3 Å². The van der Waals surface area contributed by atoms with Crippen molar-refractivity contribution < 1.29 is 14.3 Å². The van der Waals surface area contributed by atoms with E-state index in [1.807, 2.05) is 48.7 Å². The highest BCUT2D eigenvalue weighted by Gasteiger charge is 2.31. The quantitative estimate of drug-likeness (QED) is 0.369.